The van der Waals surface area contributed by atoms with Crippen LogP contribution in [0.15, 0.2) is 99.6 Å². The number of halogens is 3. The zero-order valence-electron chi connectivity index (χ0n) is 25.8. The van der Waals surface area contributed by atoms with Crippen molar-refractivity contribution in [2.45, 2.75) is 117 Å². The van der Waals surface area contributed by atoms with Crippen LogP contribution in [-0.4, -0.2) is 20.5 Å². The van der Waals surface area contributed by atoms with Gasteiger partial charge in [-0.1, -0.05) is 127 Å². The monoisotopic (exact) mass is 652 g/mol. The van der Waals surface area contributed by atoms with E-state index in [2.05, 4.69) is 6.92 Å². The molecule has 0 heterocycles. The third kappa shape index (κ3) is 10.8. The fourth-order valence-corrected chi connectivity index (χ4v) is 9.88. The van der Waals surface area contributed by atoms with Gasteiger partial charge < -0.3 is 4.74 Å². The summed E-state index contributed by atoms with van der Waals surface area (Å²) in [6.07, 6.45) is 17.8. The summed E-state index contributed by atoms with van der Waals surface area (Å²) >= 11 is 0. The van der Waals surface area contributed by atoms with Crippen LogP contribution in [0.4, 0.5) is 13.2 Å². The number of unbranched alkanes of at least 4 members (excludes halogenated alkanes) is 13. The number of benzene rings is 3. The van der Waals surface area contributed by atoms with Crippen LogP contribution in [0.1, 0.15) is 96.8 Å². The van der Waals surface area contributed by atoms with Crippen molar-refractivity contribution >= 4 is 20.4 Å². The van der Waals surface area contributed by atoms with E-state index in [1.165, 1.54) is 77.0 Å². The van der Waals surface area contributed by atoms with Crippen molar-refractivity contribution in [1.29, 1.82) is 0 Å². The predicted molar refractivity (Wildman–Crippen MR) is 174 cm³/mol. The molecule has 0 aliphatic heterocycles. The maximum absolute atomic E-state index is 13.6. The van der Waals surface area contributed by atoms with Crippen molar-refractivity contribution in [2.24, 2.45) is 0 Å². The molecule has 3 rings (SSSR count). The predicted octanol–water partition coefficient (Wildman–Crippen LogP) is 11.6. The van der Waals surface area contributed by atoms with Crippen LogP contribution < -0.4 is 4.74 Å². The van der Waals surface area contributed by atoms with Gasteiger partial charge in [0.05, 0.1) is 6.61 Å². The number of rotatable bonds is 21. The Balaban J connectivity index is 1.56. The summed E-state index contributed by atoms with van der Waals surface area (Å²) in [5, 5.41) is 0. The molecule has 0 aromatic heterocycles. The summed E-state index contributed by atoms with van der Waals surface area (Å²) in [6, 6.07) is 22.9. The first-order valence-electron chi connectivity index (χ1n) is 15.9. The lowest BCUT2D eigenvalue weighted by molar-refractivity contribution is -0.0496. The minimum Gasteiger partial charge on any atom is -0.494 e. The molecule has 0 saturated carbocycles. The smallest absolute Gasteiger partial charge is 0.494 e. The Kier molecular flexibility index (Phi) is 15.1. The molecule has 0 spiro atoms. The zero-order chi connectivity index (χ0) is 31.7. The van der Waals surface area contributed by atoms with Crippen molar-refractivity contribution in [3.63, 3.8) is 0 Å². The zero-order valence-corrected chi connectivity index (χ0v) is 27.4. The summed E-state index contributed by atoms with van der Waals surface area (Å²) in [6.45, 7) is 2.78. The van der Waals surface area contributed by atoms with E-state index in [0.29, 0.717) is 27.0 Å². The second-order valence-electron chi connectivity index (χ2n) is 11.1. The molecule has 0 fully saturated rings. The average molecular weight is 653 g/mol. The van der Waals surface area contributed by atoms with Crippen LogP contribution in [0.25, 0.3) is 0 Å². The molecule has 3 aromatic rings. The molecular formula is C35H47F3O4S2. The van der Waals surface area contributed by atoms with Crippen molar-refractivity contribution in [1.82, 2.24) is 0 Å². The van der Waals surface area contributed by atoms with Gasteiger partial charge in [-0.3, -0.25) is 0 Å². The highest BCUT2D eigenvalue weighted by molar-refractivity contribution is 8.33. The Morgan fingerprint density at radius 2 is 0.932 bits per heavy atom. The van der Waals surface area contributed by atoms with Crippen LogP contribution in [0, 0.1) is 0 Å². The van der Waals surface area contributed by atoms with Gasteiger partial charge in [-0.05, 0) is 65.3 Å². The van der Waals surface area contributed by atoms with Gasteiger partial charge in [0.15, 0.2) is 0 Å². The molecule has 0 radical (unpaired) electrons. The minimum absolute atomic E-state index is 0.312. The van der Waals surface area contributed by atoms with E-state index >= 15 is 0 Å². The molecule has 0 aliphatic carbocycles. The third-order valence-electron chi connectivity index (χ3n) is 7.55. The Bertz CT molecular complexity index is 1260. The van der Waals surface area contributed by atoms with Gasteiger partial charge in [-0.25, -0.2) is 0 Å². The first kappa shape index (κ1) is 36.0. The maximum Gasteiger partial charge on any atom is 0.524 e. The maximum atomic E-state index is 13.6. The molecule has 0 amide bonds. The van der Waals surface area contributed by atoms with Gasteiger partial charge in [0, 0.05) is 14.7 Å². The summed E-state index contributed by atoms with van der Waals surface area (Å²) in [4.78, 5) is 0.969. The lowest BCUT2D eigenvalue weighted by Gasteiger charge is -2.39. The van der Waals surface area contributed by atoms with E-state index in [0.717, 1.165) is 12.8 Å². The summed E-state index contributed by atoms with van der Waals surface area (Å²) < 4.78 is 77.0. The standard InChI is InChI=1S/C35H47F3O4S2/c1-2-3-4-5-6-7-8-9-10-11-12-13-14-21-30-41-31-26-28-34(29-27-31)43(32-22-17-15-18-23-32,33-24-19-16-20-25-33)42-44(39,40)35(36,37)38/h15-20,22-29H,2-14,21,30H2,1H3. The summed E-state index contributed by atoms with van der Waals surface area (Å²) in [5.41, 5.74) is -5.58. The quantitative estimate of drug-likeness (QED) is 0.0849. The number of alkyl halides is 3. The van der Waals surface area contributed by atoms with Gasteiger partial charge in [0.2, 0.25) is 0 Å². The molecule has 4 nitrogen and oxygen atoms in total. The lowest BCUT2D eigenvalue weighted by Crippen LogP contribution is -2.27. The highest BCUT2D eigenvalue weighted by atomic mass is 32.3. The van der Waals surface area contributed by atoms with Crippen LogP contribution in [0.2, 0.25) is 0 Å². The Hall–Kier alpha value is -2.49. The normalized spacial score (nSPS) is 12.7. The van der Waals surface area contributed by atoms with Gasteiger partial charge in [0.25, 0.3) is 0 Å². The van der Waals surface area contributed by atoms with Gasteiger partial charge in [-0.15, -0.1) is 0 Å². The fraction of sp³-hybridized carbons (Fsp3) is 0.486. The first-order chi connectivity index (χ1) is 21.2. The molecule has 9 heteroatoms. The van der Waals surface area contributed by atoms with Gasteiger partial charge in [-0.2, -0.15) is 25.2 Å². The van der Waals surface area contributed by atoms with Crippen molar-refractivity contribution < 1.29 is 30.0 Å². The fourth-order valence-electron chi connectivity index (χ4n) is 5.14. The number of hydrogen-bond donors (Lipinski definition) is 0. The van der Waals surface area contributed by atoms with Crippen molar-refractivity contribution in [3.05, 3.63) is 84.9 Å². The van der Waals surface area contributed by atoms with Crippen molar-refractivity contribution in [2.75, 3.05) is 6.61 Å². The van der Waals surface area contributed by atoms with Gasteiger partial charge >= 0.3 is 15.6 Å². The second kappa shape index (κ2) is 18.5. The van der Waals surface area contributed by atoms with Gasteiger partial charge in [0.1, 0.15) is 5.75 Å². The molecule has 0 N–H and O–H groups in total. The molecule has 0 aliphatic rings. The Labute approximate surface area is 264 Å². The van der Waals surface area contributed by atoms with Crippen LogP contribution >= 0.6 is 10.3 Å². The minimum atomic E-state index is -5.94. The van der Waals surface area contributed by atoms with E-state index in [4.69, 9.17) is 8.37 Å². The third-order valence-corrected chi connectivity index (χ3v) is 12.5. The molecule has 244 valence electrons. The molecule has 0 saturated heterocycles. The van der Waals surface area contributed by atoms with E-state index in [1.807, 2.05) is 0 Å². The van der Waals surface area contributed by atoms with Crippen molar-refractivity contribution in [3.8, 4) is 5.75 Å². The van der Waals surface area contributed by atoms with Crippen LogP contribution in [-0.2, 0) is 13.7 Å². The highest BCUT2D eigenvalue weighted by Crippen LogP contribution is 2.70. The molecule has 0 unspecified atom stereocenters. The van der Waals surface area contributed by atoms with E-state index in [1.54, 1.807) is 84.9 Å². The summed E-state index contributed by atoms with van der Waals surface area (Å²) in [5.74, 6) is 0.566. The topological polar surface area (TPSA) is 52.6 Å². The average Bonchev–Trinajstić information content (AvgIpc) is 3.02. The van der Waals surface area contributed by atoms with E-state index < -0.39 is 25.9 Å². The molecule has 44 heavy (non-hydrogen) atoms. The van der Waals surface area contributed by atoms with Crippen LogP contribution in [0.3, 0.4) is 0 Å². The molecule has 0 atom stereocenters. The Morgan fingerprint density at radius 3 is 1.34 bits per heavy atom. The van der Waals surface area contributed by atoms with Crippen LogP contribution in [0.5, 0.6) is 5.75 Å². The Morgan fingerprint density at radius 1 is 0.545 bits per heavy atom. The summed E-state index contributed by atoms with van der Waals surface area (Å²) in [7, 11) is -9.25. The molecule has 0 bridgehead atoms. The largest absolute Gasteiger partial charge is 0.524 e. The second-order valence-corrected chi connectivity index (χ2v) is 15.5. The number of hydrogen-bond acceptors (Lipinski definition) is 4. The van der Waals surface area contributed by atoms with E-state index in [-0.39, 0.29) is 0 Å². The number of ether oxygens (including phenoxy) is 1. The lowest BCUT2D eigenvalue weighted by atomic mass is 10.0. The van der Waals surface area contributed by atoms with E-state index in [9.17, 15) is 21.6 Å². The first-order valence-corrected chi connectivity index (χ1v) is 18.9. The SMILES string of the molecule is CCCCCCCCCCCCCCCCOc1ccc(S(OS(=O)(=O)C(F)(F)F)(c2ccccc2)c2ccccc2)cc1. The molecule has 3 aromatic carbocycles. The molecular weight excluding hydrogens is 606 g/mol. The highest BCUT2D eigenvalue weighted by Gasteiger charge is 2.52.